The molecule has 0 bridgehead atoms. The smallest absolute Gasteiger partial charge is 0.340 e. The fraction of sp³-hybridized carbons (Fsp3) is 0.348. The number of H-pyrrole nitrogens is 1. The maximum Gasteiger partial charge on any atom is 0.340 e. The fourth-order valence-corrected chi connectivity index (χ4v) is 4.17. The topological polar surface area (TPSA) is 90.6 Å². The zero-order chi connectivity index (χ0) is 22.0. The van der Waals surface area contributed by atoms with Crippen molar-refractivity contribution in [2.75, 3.05) is 43.6 Å². The van der Waals surface area contributed by atoms with Crippen LogP contribution in [0.1, 0.15) is 29.0 Å². The molecule has 3 aromatic rings. The highest BCUT2D eigenvalue weighted by molar-refractivity contribution is 6.06. The van der Waals surface area contributed by atoms with Gasteiger partial charge < -0.3 is 29.6 Å². The van der Waals surface area contributed by atoms with E-state index in [-0.39, 0.29) is 12.1 Å². The number of aromatic nitrogens is 2. The number of piperazine rings is 1. The summed E-state index contributed by atoms with van der Waals surface area (Å²) in [5.41, 5.74) is 3.10. The van der Waals surface area contributed by atoms with Crippen LogP contribution in [0.15, 0.2) is 42.6 Å². The Morgan fingerprint density at radius 3 is 2.87 bits per heavy atom. The molecule has 0 spiro atoms. The highest BCUT2D eigenvalue weighted by atomic mass is 16.5. The molecule has 8 nitrogen and oxygen atoms in total. The number of nitrogens with one attached hydrogen (secondary N) is 2. The number of methoxy groups -OCH3 is 1. The van der Waals surface area contributed by atoms with Crippen molar-refractivity contribution in [1.29, 1.82) is 0 Å². The van der Waals surface area contributed by atoms with E-state index in [1.165, 1.54) is 7.11 Å². The van der Waals surface area contributed by atoms with Crippen LogP contribution in [0.5, 0.6) is 0 Å². The number of rotatable bonds is 6. The van der Waals surface area contributed by atoms with Gasteiger partial charge in [-0.2, -0.15) is 0 Å². The number of nitrogens with zero attached hydrogens (tertiary/aromatic N) is 3. The lowest BCUT2D eigenvalue weighted by Gasteiger charge is -2.41. The van der Waals surface area contributed by atoms with Crippen molar-refractivity contribution in [2.45, 2.75) is 19.0 Å². The molecule has 1 saturated heterocycles. The summed E-state index contributed by atoms with van der Waals surface area (Å²) in [6.45, 7) is 3.80. The van der Waals surface area contributed by atoms with Gasteiger partial charge in [-0.25, -0.2) is 9.78 Å². The minimum atomic E-state index is -0.392. The van der Waals surface area contributed by atoms with Gasteiger partial charge in [0.1, 0.15) is 6.29 Å². The molecule has 0 radical (unpaired) electrons. The number of aldehydes is 1. The predicted octanol–water partition coefficient (Wildman–Crippen LogP) is 2.52. The summed E-state index contributed by atoms with van der Waals surface area (Å²) in [6.07, 6.45) is 2.67. The normalized spacial score (nSPS) is 18.7. The molecule has 162 valence electrons. The van der Waals surface area contributed by atoms with Gasteiger partial charge >= 0.3 is 5.97 Å². The second-order valence-corrected chi connectivity index (χ2v) is 7.63. The van der Waals surface area contributed by atoms with Crippen molar-refractivity contribution < 1.29 is 14.3 Å². The first-order chi connectivity index (χ1) is 15.1. The summed E-state index contributed by atoms with van der Waals surface area (Å²) < 4.78 is 5.12. The van der Waals surface area contributed by atoms with Crippen molar-refractivity contribution in [3.05, 3.63) is 53.9 Å². The van der Waals surface area contributed by atoms with Gasteiger partial charge in [0.2, 0.25) is 0 Å². The Morgan fingerprint density at radius 2 is 2.13 bits per heavy atom. The number of pyridine rings is 1. The van der Waals surface area contributed by atoms with Gasteiger partial charge in [-0.3, -0.25) is 0 Å². The lowest BCUT2D eigenvalue weighted by atomic mass is 10.0. The van der Waals surface area contributed by atoms with Crippen molar-refractivity contribution in [3.63, 3.8) is 0 Å². The van der Waals surface area contributed by atoms with Gasteiger partial charge in [0.15, 0.2) is 5.82 Å². The van der Waals surface area contributed by atoms with Gasteiger partial charge in [-0.05, 0) is 25.1 Å². The monoisotopic (exact) mass is 421 g/mol. The molecule has 1 aromatic carbocycles. The zero-order valence-corrected chi connectivity index (χ0v) is 18.0. The van der Waals surface area contributed by atoms with E-state index in [4.69, 9.17) is 4.74 Å². The summed E-state index contributed by atoms with van der Waals surface area (Å²) in [5, 5.41) is 4.10. The summed E-state index contributed by atoms with van der Waals surface area (Å²) in [5.74, 6) is 0.386. The molecule has 2 N–H and O–H groups in total. The van der Waals surface area contributed by atoms with Crippen LogP contribution in [-0.4, -0.2) is 62.1 Å². The quantitative estimate of drug-likeness (QED) is 0.467. The molecule has 1 aliphatic heterocycles. The standard InChI is InChI=1S/C23H27N5O3/c1-4-27(2)18-10-7-11-24-22(18)28-13-15(14-29)25-12-19(28)21-20(23(30)31-3)16-8-5-6-9-17(16)26-21/h5-11,14-15,19,25-26H,4,12-13H2,1-3H3. The number of hydrogen-bond acceptors (Lipinski definition) is 7. The maximum absolute atomic E-state index is 12.8. The van der Waals surface area contributed by atoms with Gasteiger partial charge in [0, 0.05) is 43.8 Å². The molecule has 1 aliphatic rings. The second-order valence-electron chi connectivity index (χ2n) is 7.63. The SMILES string of the molecule is CCN(C)c1cccnc1N1CC(C=O)NCC1c1[nH]c2ccccc2c1C(=O)OC. The minimum absolute atomic E-state index is 0.239. The minimum Gasteiger partial charge on any atom is -0.465 e. The summed E-state index contributed by atoms with van der Waals surface area (Å²) in [7, 11) is 3.40. The molecular formula is C23H27N5O3. The Hall–Kier alpha value is -3.39. The number of ether oxygens (including phenoxy) is 1. The van der Waals surface area contributed by atoms with Crippen LogP contribution < -0.4 is 15.1 Å². The molecule has 2 atom stereocenters. The highest BCUT2D eigenvalue weighted by Crippen LogP contribution is 2.37. The van der Waals surface area contributed by atoms with E-state index in [0.29, 0.717) is 18.7 Å². The molecule has 0 aliphatic carbocycles. The Morgan fingerprint density at radius 1 is 1.32 bits per heavy atom. The third-order valence-corrected chi connectivity index (χ3v) is 5.89. The van der Waals surface area contributed by atoms with Crippen LogP contribution in [0, 0.1) is 0 Å². The maximum atomic E-state index is 12.8. The first-order valence-electron chi connectivity index (χ1n) is 10.4. The first-order valence-corrected chi connectivity index (χ1v) is 10.4. The van der Waals surface area contributed by atoms with E-state index in [9.17, 15) is 9.59 Å². The van der Waals surface area contributed by atoms with E-state index in [2.05, 4.69) is 32.0 Å². The van der Waals surface area contributed by atoms with Crippen molar-refractivity contribution in [1.82, 2.24) is 15.3 Å². The Labute approximate surface area is 181 Å². The Balaban J connectivity index is 1.88. The molecule has 3 heterocycles. The molecule has 31 heavy (non-hydrogen) atoms. The number of para-hydroxylation sites is 1. The molecular weight excluding hydrogens is 394 g/mol. The van der Waals surface area contributed by atoms with E-state index < -0.39 is 5.97 Å². The molecule has 0 saturated carbocycles. The average molecular weight is 422 g/mol. The molecule has 0 amide bonds. The highest BCUT2D eigenvalue weighted by Gasteiger charge is 2.35. The molecule has 2 unspecified atom stereocenters. The molecule has 4 rings (SSSR count). The largest absolute Gasteiger partial charge is 0.465 e. The average Bonchev–Trinajstić information content (AvgIpc) is 3.22. The fourth-order valence-electron chi connectivity index (χ4n) is 4.17. The van der Waals surface area contributed by atoms with Crippen LogP contribution in [0.3, 0.4) is 0 Å². The van der Waals surface area contributed by atoms with E-state index in [1.807, 2.05) is 43.4 Å². The van der Waals surface area contributed by atoms with Crippen LogP contribution in [0.25, 0.3) is 10.9 Å². The second kappa shape index (κ2) is 8.77. The van der Waals surface area contributed by atoms with Gasteiger partial charge in [-0.15, -0.1) is 0 Å². The molecule has 2 aromatic heterocycles. The van der Waals surface area contributed by atoms with Gasteiger partial charge in [0.05, 0.1) is 36.1 Å². The van der Waals surface area contributed by atoms with Crippen molar-refractivity contribution in [3.8, 4) is 0 Å². The number of carbonyl (C=O) groups excluding carboxylic acids is 2. The van der Waals surface area contributed by atoms with E-state index >= 15 is 0 Å². The third-order valence-electron chi connectivity index (χ3n) is 5.89. The van der Waals surface area contributed by atoms with E-state index in [1.54, 1.807) is 6.20 Å². The van der Waals surface area contributed by atoms with Crippen molar-refractivity contribution in [2.24, 2.45) is 0 Å². The number of carbonyl (C=O) groups is 2. The van der Waals surface area contributed by atoms with Crippen LogP contribution in [0.4, 0.5) is 11.5 Å². The summed E-state index contributed by atoms with van der Waals surface area (Å²) in [4.78, 5) is 36.7. The Kier molecular flexibility index (Phi) is 5.90. The summed E-state index contributed by atoms with van der Waals surface area (Å²) in [6, 6.07) is 11.0. The lowest BCUT2D eigenvalue weighted by Crippen LogP contribution is -2.54. The van der Waals surface area contributed by atoms with Crippen molar-refractivity contribution >= 4 is 34.7 Å². The first kappa shape index (κ1) is 20.9. The predicted molar refractivity (Wildman–Crippen MR) is 121 cm³/mol. The third kappa shape index (κ3) is 3.74. The number of fused-ring (bicyclic) bond motifs is 1. The molecule has 8 heteroatoms. The number of hydrogen-bond donors (Lipinski definition) is 2. The van der Waals surface area contributed by atoms with Crippen LogP contribution >= 0.6 is 0 Å². The van der Waals surface area contributed by atoms with Crippen LogP contribution in [0.2, 0.25) is 0 Å². The van der Waals surface area contributed by atoms with E-state index in [0.717, 1.165) is 40.9 Å². The van der Waals surface area contributed by atoms with Gasteiger partial charge in [-0.1, -0.05) is 18.2 Å². The van der Waals surface area contributed by atoms with Gasteiger partial charge in [0.25, 0.3) is 0 Å². The number of benzene rings is 1. The number of esters is 1. The molecule has 1 fully saturated rings. The Bertz CT molecular complexity index is 1100. The lowest BCUT2D eigenvalue weighted by molar-refractivity contribution is -0.109. The zero-order valence-electron chi connectivity index (χ0n) is 18.0. The number of aromatic amines is 1. The summed E-state index contributed by atoms with van der Waals surface area (Å²) >= 11 is 0. The number of anilines is 2. The van der Waals surface area contributed by atoms with Crippen LogP contribution in [-0.2, 0) is 9.53 Å².